The molecular formula is C46H52O22. The second kappa shape index (κ2) is 34.7. The van der Waals surface area contributed by atoms with E-state index in [-0.39, 0.29) is 113 Å². The molecule has 0 aliphatic rings. The van der Waals surface area contributed by atoms with E-state index in [0.717, 1.165) is 0 Å². The molecule has 0 unspecified atom stereocenters. The summed E-state index contributed by atoms with van der Waals surface area (Å²) in [6.07, 6.45) is 0. The number of carbonyl (C=O) groups is 8. The van der Waals surface area contributed by atoms with Crippen molar-refractivity contribution in [1.82, 2.24) is 0 Å². The molecule has 0 amide bonds. The average molecular weight is 957 g/mol. The summed E-state index contributed by atoms with van der Waals surface area (Å²) >= 11 is 0. The van der Waals surface area contributed by atoms with Gasteiger partial charge in [0.05, 0.1) is 98.4 Å². The van der Waals surface area contributed by atoms with Crippen LogP contribution >= 0.6 is 0 Å². The normalized spacial score (nSPS) is 9.76. The Balaban J connectivity index is 0.000000538. The van der Waals surface area contributed by atoms with Crippen molar-refractivity contribution in [1.29, 1.82) is 0 Å². The van der Waals surface area contributed by atoms with E-state index in [0.29, 0.717) is 11.1 Å². The predicted octanol–water partition coefficient (Wildman–Crippen LogP) is 1.21. The molecule has 0 saturated carbocycles. The van der Waals surface area contributed by atoms with Crippen molar-refractivity contribution in [3.63, 3.8) is 0 Å². The Kier molecular flexibility index (Phi) is 29.8. The van der Waals surface area contributed by atoms with Gasteiger partial charge in [-0.05, 0) is 97.1 Å². The van der Waals surface area contributed by atoms with Crippen LogP contribution in [0.25, 0.3) is 0 Å². The lowest BCUT2D eigenvalue weighted by Gasteiger charge is -2.08. The van der Waals surface area contributed by atoms with E-state index in [2.05, 4.69) is 9.47 Å². The first kappa shape index (κ1) is 58.4. The fourth-order valence-corrected chi connectivity index (χ4v) is 4.53. The lowest BCUT2D eigenvalue weighted by Crippen LogP contribution is -2.15. The van der Waals surface area contributed by atoms with Gasteiger partial charge in [-0.2, -0.15) is 0 Å². The molecule has 0 heterocycles. The summed E-state index contributed by atoms with van der Waals surface area (Å²) in [6, 6.07) is 22.8. The topological polar surface area (TPSA) is 332 Å². The van der Waals surface area contributed by atoms with Gasteiger partial charge in [0.15, 0.2) is 0 Å². The molecule has 0 atom stereocenters. The lowest BCUT2D eigenvalue weighted by atomic mass is 10.1. The van der Waals surface area contributed by atoms with Crippen LogP contribution in [0.2, 0.25) is 0 Å². The number of aliphatic hydroxyl groups excluding tert-OH is 6. The first-order valence-corrected chi connectivity index (χ1v) is 20.0. The van der Waals surface area contributed by atoms with E-state index < -0.39 is 47.8 Å². The minimum absolute atomic E-state index is 0.0703. The predicted molar refractivity (Wildman–Crippen MR) is 233 cm³/mol. The first-order chi connectivity index (χ1) is 32.7. The minimum Gasteiger partial charge on any atom is -0.465 e. The molecule has 0 bridgehead atoms. The van der Waals surface area contributed by atoms with Crippen molar-refractivity contribution in [2.75, 3.05) is 93.5 Å². The van der Waals surface area contributed by atoms with Crippen molar-refractivity contribution in [3.05, 3.63) is 142 Å². The Hall–Kier alpha value is -7.60. The molecule has 0 spiro atoms. The highest BCUT2D eigenvalue weighted by atomic mass is 16.6. The highest BCUT2D eigenvalue weighted by Crippen LogP contribution is 2.11. The van der Waals surface area contributed by atoms with E-state index in [1.807, 2.05) is 0 Å². The Morgan fingerprint density at radius 3 is 0.544 bits per heavy atom. The number of carbonyl (C=O) groups excluding carboxylic acids is 8. The summed E-state index contributed by atoms with van der Waals surface area (Å²) in [5, 5.41) is 49.5. The summed E-state index contributed by atoms with van der Waals surface area (Å²) in [5.41, 5.74) is 2.19. The minimum atomic E-state index is -0.665. The van der Waals surface area contributed by atoms with Crippen LogP contribution in [0, 0.1) is 0 Å². The van der Waals surface area contributed by atoms with Crippen LogP contribution in [0.3, 0.4) is 0 Å². The van der Waals surface area contributed by atoms with E-state index in [4.69, 9.17) is 59.1 Å². The zero-order valence-electron chi connectivity index (χ0n) is 36.9. The van der Waals surface area contributed by atoms with E-state index in [1.165, 1.54) is 111 Å². The van der Waals surface area contributed by atoms with Crippen molar-refractivity contribution in [2.24, 2.45) is 0 Å². The molecule has 22 heteroatoms. The molecule has 0 aliphatic heterocycles. The van der Waals surface area contributed by atoms with E-state index >= 15 is 0 Å². The largest absolute Gasteiger partial charge is 0.465 e. The summed E-state index contributed by atoms with van der Waals surface area (Å²) in [7, 11) is 2.60. The third-order valence-corrected chi connectivity index (χ3v) is 7.74. The molecule has 0 radical (unpaired) electrons. The molecule has 0 fully saturated rings. The standard InChI is InChI=1S/C22H22O10.C12H14O6.C10H10O4.C2H6O2/c23-9-11-29-19(25)15-1-5-17(6-2-15)21(27)31-13-14-32-22(28)18-7-3-16(4-8-18)20(26)30-12-10-24;13-5-7-17-11(15)9-1-2-10(4-3-9)12(16)18-8-6-14;1-13-9(11)7-3-5-8(6-4-7)10(12)14-2;3-1-2-4/h1-8,23-24H,9-14H2;1-4,13-14H,5-8H2;3-6H,1-2H3;3-4H,1-2H2. The molecule has 6 N–H and O–H groups in total. The molecule has 4 aromatic rings. The van der Waals surface area contributed by atoms with Gasteiger partial charge in [-0.15, -0.1) is 0 Å². The second-order valence-corrected chi connectivity index (χ2v) is 12.4. The van der Waals surface area contributed by atoms with Gasteiger partial charge in [-0.3, -0.25) is 0 Å². The van der Waals surface area contributed by atoms with Crippen LogP contribution in [0.1, 0.15) is 82.9 Å². The fraction of sp³-hybridized carbons (Fsp3) is 0.304. The Morgan fingerprint density at radius 2 is 0.412 bits per heavy atom. The van der Waals surface area contributed by atoms with Gasteiger partial charge in [0.25, 0.3) is 0 Å². The Labute approximate surface area is 389 Å². The quantitative estimate of drug-likeness (QED) is 0.0412. The maximum Gasteiger partial charge on any atom is 0.338 e. The van der Waals surface area contributed by atoms with Gasteiger partial charge >= 0.3 is 47.8 Å². The molecule has 22 nitrogen and oxygen atoms in total. The van der Waals surface area contributed by atoms with Crippen LogP contribution in [0.5, 0.6) is 0 Å². The van der Waals surface area contributed by atoms with Gasteiger partial charge in [-0.1, -0.05) is 0 Å². The number of benzene rings is 4. The zero-order chi connectivity index (χ0) is 50.7. The van der Waals surface area contributed by atoms with Crippen LogP contribution in [-0.2, 0) is 37.9 Å². The van der Waals surface area contributed by atoms with Gasteiger partial charge in [0.1, 0.15) is 39.6 Å². The van der Waals surface area contributed by atoms with Crippen molar-refractivity contribution in [2.45, 2.75) is 0 Å². The number of hydrogen-bond donors (Lipinski definition) is 6. The summed E-state index contributed by atoms with van der Waals surface area (Å²) in [4.78, 5) is 92.1. The SMILES string of the molecule is COC(=O)c1ccc(C(=O)OC)cc1.O=C(OCCO)c1ccc(C(=O)OCCO)cc1.O=C(OCCO)c1ccc(C(=O)OCCOC(=O)c2ccc(C(=O)OCCO)cc2)cc1.OCCO. The van der Waals surface area contributed by atoms with Crippen LogP contribution in [-0.4, -0.2) is 172 Å². The van der Waals surface area contributed by atoms with Crippen LogP contribution < -0.4 is 0 Å². The van der Waals surface area contributed by atoms with Gasteiger partial charge in [0, 0.05) is 0 Å². The maximum atomic E-state index is 12.0. The molecule has 0 aromatic heterocycles. The van der Waals surface area contributed by atoms with Crippen LogP contribution in [0.4, 0.5) is 0 Å². The van der Waals surface area contributed by atoms with Gasteiger partial charge < -0.3 is 68.5 Å². The molecule has 0 saturated heterocycles. The fourth-order valence-electron chi connectivity index (χ4n) is 4.53. The molecule has 4 rings (SSSR count). The summed E-state index contributed by atoms with van der Waals surface area (Å²) < 4.78 is 38.0. The highest BCUT2D eigenvalue weighted by molar-refractivity contribution is 5.95. The molecular weight excluding hydrogens is 904 g/mol. The molecule has 0 aliphatic carbocycles. The Bertz CT molecular complexity index is 2000. The Morgan fingerprint density at radius 1 is 0.265 bits per heavy atom. The van der Waals surface area contributed by atoms with Gasteiger partial charge in [0.2, 0.25) is 0 Å². The average Bonchev–Trinajstić information content (AvgIpc) is 3.39. The smallest absolute Gasteiger partial charge is 0.338 e. The van der Waals surface area contributed by atoms with Crippen LogP contribution in [0.15, 0.2) is 97.1 Å². The third-order valence-electron chi connectivity index (χ3n) is 7.74. The molecule has 368 valence electrons. The molecule has 4 aromatic carbocycles. The van der Waals surface area contributed by atoms with Crippen molar-refractivity contribution >= 4 is 47.8 Å². The van der Waals surface area contributed by atoms with E-state index in [1.54, 1.807) is 0 Å². The number of esters is 8. The lowest BCUT2D eigenvalue weighted by molar-refractivity contribution is 0.0265. The zero-order valence-corrected chi connectivity index (χ0v) is 36.9. The second-order valence-electron chi connectivity index (χ2n) is 12.4. The summed E-state index contributed by atoms with van der Waals surface area (Å²) in [5.74, 6) is -4.58. The number of ether oxygens (including phenoxy) is 8. The van der Waals surface area contributed by atoms with Crippen molar-refractivity contribution < 1.29 is 107 Å². The highest BCUT2D eigenvalue weighted by Gasteiger charge is 2.15. The van der Waals surface area contributed by atoms with Gasteiger partial charge in [-0.25, -0.2) is 38.4 Å². The first-order valence-electron chi connectivity index (χ1n) is 20.0. The van der Waals surface area contributed by atoms with E-state index in [9.17, 15) is 38.4 Å². The molecule has 68 heavy (non-hydrogen) atoms. The maximum absolute atomic E-state index is 12.0. The third kappa shape index (κ3) is 22.5. The number of hydrogen-bond acceptors (Lipinski definition) is 22. The number of aliphatic hydroxyl groups is 6. The summed E-state index contributed by atoms with van der Waals surface area (Å²) in [6.45, 7) is -2.05. The van der Waals surface area contributed by atoms with Crippen molar-refractivity contribution in [3.8, 4) is 0 Å². The number of rotatable bonds is 20. The monoisotopic (exact) mass is 956 g/mol. The number of methoxy groups -OCH3 is 2.